The summed E-state index contributed by atoms with van der Waals surface area (Å²) < 4.78 is 0. The first kappa shape index (κ1) is 13.0. The zero-order valence-corrected chi connectivity index (χ0v) is 11.8. The number of anilines is 1. The van der Waals surface area contributed by atoms with Crippen LogP contribution in [0.1, 0.15) is 20.3 Å². The number of nitrogens with one attached hydrogen (secondary N) is 1. The molecule has 0 bridgehead atoms. The second kappa shape index (κ2) is 5.05. The summed E-state index contributed by atoms with van der Waals surface area (Å²) in [6.07, 6.45) is 1.14. The van der Waals surface area contributed by atoms with Crippen LogP contribution in [0.3, 0.4) is 0 Å². The third-order valence-corrected chi connectivity index (χ3v) is 3.80. The third-order valence-electron chi connectivity index (χ3n) is 3.06. The predicted molar refractivity (Wildman–Crippen MR) is 75.4 cm³/mol. The van der Waals surface area contributed by atoms with Crippen LogP contribution in [0.2, 0.25) is 10.0 Å². The lowest BCUT2D eigenvalue weighted by Crippen LogP contribution is -2.46. The molecule has 1 N–H and O–H groups in total. The van der Waals surface area contributed by atoms with Gasteiger partial charge in [-0.3, -0.25) is 0 Å². The van der Waals surface area contributed by atoms with Gasteiger partial charge in [0.25, 0.3) is 0 Å². The van der Waals surface area contributed by atoms with Gasteiger partial charge in [0.1, 0.15) is 0 Å². The lowest BCUT2D eigenvalue weighted by molar-refractivity contribution is 0.416. The van der Waals surface area contributed by atoms with E-state index < -0.39 is 0 Å². The van der Waals surface area contributed by atoms with E-state index in [1.165, 1.54) is 0 Å². The van der Waals surface area contributed by atoms with Crippen LogP contribution in [0, 0.1) is 0 Å². The summed E-state index contributed by atoms with van der Waals surface area (Å²) in [5.41, 5.74) is 1.28. The molecule has 1 fully saturated rings. The highest BCUT2D eigenvalue weighted by molar-refractivity contribution is 6.42. The van der Waals surface area contributed by atoms with Crippen molar-refractivity contribution in [3.05, 3.63) is 28.2 Å². The van der Waals surface area contributed by atoms with Crippen LogP contribution in [0.25, 0.3) is 0 Å². The molecule has 1 aliphatic rings. The molecule has 0 amide bonds. The lowest BCUT2D eigenvalue weighted by atomic mass is 10.1. The van der Waals surface area contributed by atoms with Crippen molar-refractivity contribution in [3.63, 3.8) is 0 Å². The first-order chi connectivity index (χ1) is 7.98. The quantitative estimate of drug-likeness (QED) is 0.841. The van der Waals surface area contributed by atoms with E-state index in [-0.39, 0.29) is 5.54 Å². The Labute approximate surface area is 113 Å². The fourth-order valence-electron chi connectivity index (χ4n) is 2.21. The molecular weight excluding hydrogens is 255 g/mol. The van der Waals surface area contributed by atoms with Crippen LogP contribution in [0.4, 0.5) is 5.69 Å². The molecule has 1 aliphatic heterocycles. The first-order valence-electron chi connectivity index (χ1n) is 5.93. The van der Waals surface area contributed by atoms with Crippen LogP contribution in [0.15, 0.2) is 18.2 Å². The predicted octanol–water partition coefficient (Wildman–Crippen LogP) is 3.57. The molecule has 0 spiro atoms. The molecule has 0 aliphatic carbocycles. The molecule has 1 aromatic rings. The summed E-state index contributed by atoms with van der Waals surface area (Å²) >= 11 is 12.0. The van der Waals surface area contributed by atoms with Gasteiger partial charge in [-0.25, -0.2) is 0 Å². The van der Waals surface area contributed by atoms with Crippen molar-refractivity contribution in [1.82, 2.24) is 5.32 Å². The third kappa shape index (κ3) is 3.27. The van der Waals surface area contributed by atoms with E-state index >= 15 is 0 Å². The van der Waals surface area contributed by atoms with Crippen LogP contribution < -0.4 is 10.2 Å². The second-order valence-corrected chi connectivity index (χ2v) is 6.00. The SMILES string of the molecule is CC1(C)CN(c2ccc(Cl)c(Cl)c2)CCCN1. The van der Waals surface area contributed by atoms with Crippen molar-refractivity contribution in [1.29, 1.82) is 0 Å². The summed E-state index contributed by atoms with van der Waals surface area (Å²) in [5, 5.41) is 4.78. The molecule has 17 heavy (non-hydrogen) atoms. The molecule has 0 saturated carbocycles. The number of rotatable bonds is 1. The highest BCUT2D eigenvalue weighted by Gasteiger charge is 2.24. The molecule has 2 nitrogen and oxygen atoms in total. The van der Waals surface area contributed by atoms with Gasteiger partial charge in [-0.2, -0.15) is 0 Å². The van der Waals surface area contributed by atoms with Crippen molar-refractivity contribution >= 4 is 28.9 Å². The molecule has 1 saturated heterocycles. The molecule has 0 atom stereocenters. The van der Waals surface area contributed by atoms with Gasteiger partial charge in [0.05, 0.1) is 10.0 Å². The Morgan fingerprint density at radius 2 is 2.00 bits per heavy atom. The van der Waals surface area contributed by atoms with E-state index in [9.17, 15) is 0 Å². The largest absolute Gasteiger partial charge is 0.370 e. The number of halogens is 2. The molecule has 1 aromatic carbocycles. The Bertz CT molecular complexity index is 404. The number of hydrogen-bond donors (Lipinski definition) is 1. The fourth-order valence-corrected chi connectivity index (χ4v) is 2.50. The Hall–Kier alpha value is -0.440. The molecule has 2 rings (SSSR count). The van der Waals surface area contributed by atoms with Crippen molar-refractivity contribution in [2.45, 2.75) is 25.8 Å². The Kier molecular flexibility index (Phi) is 3.86. The van der Waals surface area contributed by atoms with Gasteiger partial charge in [0.2, 0.25) is 0 Å². The molecule has 0 aromatic heterocycles. The summed E-state index contributed by atoms with van der Waals surface area (Å²) in [6.45, 7) is 7.54. The van der Waals surface area contributed by atoms with Gasteiger partial charge < -0.3 is 10.2 Å². The van der Waals surface area contributed by atoms with Crippen molar-refractivity contribution in [2.75, 3.05) is 24.5 Å². The van der Waals surface area contributed by atoms with Crippen molar-refractivity contribution < 1.29 is 0 Å². The number of benzene rings is 1. The van der Waals surface area contributed by atoms with Crippen LogP contribution in [-0.2, 0) is 0 Å². The standard InChI is InChI=1S/C13H18Cl2N2/c1-13(2)9-17(7-3-6-16-13)10-4-5-11(14)12(15)8-10/h4-5,8,16H,3,6-7,9H2,1-2H3. The van der Waals surface area contributed by atoms with E-state index in [0.717, 1.165) is 31.7 Å². The molecule has 1 heterocycles. The summed E-state index contributed by atoms with van der Waals surface area (Å²) in [4.78, 5) is 2.36. The monoisotopic (exact) mass is 272 g/mol. The summed E-state index contributed by atoms with van der Waals surface area (Å²) in [5.74, 6) is 0. The van der Waals surface area contributed by atoms with Crippen molar-refractivity contribution in [2.24, 2.45) is 0 Å². The van der Waals surface area contributed by atoms with Crippen LogP contribution >= 0.6 is 23.2 Å². The molecule has 4 heteroatoms. The smallest absolute Gasteiger partial charge is 0.0612 e. The maximum atomic E-state index is 6.07. The number of nitrogens with zero attached hydrogens (tertiary/aromatic N) is 1. The van der Waals surface area contributed by atoms with E-state index in [1.54, 1.807) is 0 Å². The van der Waals surface area contributed by atoms with E-state index in [4.69, 9.17) is 23.2 Å². The Balaban J connectivity index is 2.22. The van der Waals surface area contributed by atoms with Gasteiger partial charge in [-0.1, -0.05) is 23.2 Å². The molecule has 0 radical (unpaired) electrons. The normalized spacial score (nSPS) is 20.1. The fraction of sp³-hybridized carbons (Fsp3) is 0.538. The maximum Gasteiger partial charge on any atom is 0.0612 e. The van der Waals surface area contributed by atoms with Crippen LogP contribution in [-0.4, -0.2) is 25.2 Å². The number of hydrogen-bond acceptors (Lipinski definition) is 2. The summed E-state index contributed by atoms with van der Waals surface area (Å²) in [6, 6.07) is 5.85. The van der Waals surface area contributed by atoms with Gasteiger partial charge in [-0.15, -0.1) is 0 Å². The Morgan fingerprint density at radius 3 is 2.71 bits per heavy atom. The average Bonchev–Trinajstić information content (AvgIpc) is 2.43. The first-order valence-corrected chi connectivity index (χ1v) is 6.69. The maximum absolute atomic E-state index is 6.07. The van der Waals surface area contributed by atoms with E-state index in [0.29, 0.717) is 10.0 Å². The molecular formula is C13H18Cl2N2. The minimum Gasteiger partial charge on any atom is -0.370 e. The van der Waals surface area contributed by atoms with Gasteiger partial charge in [0.15, 0.2) is 0 Å². The second-order valence-electron chi connectivity index (χ2n) is 5.18. The minimum atomic E-state index is 0.128. The van der Waals surface area contributed by atoms with E-state index in [2.05, 4.69) is 24.1 Å². The lowest BCUT2D eigenvalue weighted by Gasteiger charge is -2.31. The molecule has 94 valence electrons. The minimum absolute atomic E-state index is 0.128. The topological polar surface area (TPSA) is 15.3 Å². The zero-order valence-electron chi connectivity index (χ0n) is 10.3. The Morgan fingerprint density at radius 1 is 1.24 bits per heavy atom. The average molecular weight is 273 g/mol. The van der Waals surface area contributed by atoms with E-state index in [1.807, 2.05) is 18.2 Å². The van der Waals surface area contributed by atoms with Gasteiger partial charge in [-0.05, 0) is 45.0 Å². The summed E-state index contributed by atoms with van der Waals surface area (Å²) in [7, 11) is 0. The van der Waals surface area contributed by atoms with Crippen molar-refractivity contribution in [3.8, 4) is 0 Å². The zero-order chi connectivity index (χ0) is 12.5. The van der Waals surface area contributed by atoms with Gasteiger partial charge >= 0.3 is 0 Å². The highest BCUT2D eigenvalue weighted by Crippen LogP contribution is 2.28. The van der Waals surface area contributed by atoms with Gasteiger partial charge in [0, 0.05) is 24.3 Å². The highest BCUT2D eigenvalue weighted by atomic mass is 35.5. The molecule has 0 unspecified atom stereocenters. The van der Waals surface area contributed by atoms with Crippen LogP contribution in [0.5, 0.6) is 0 Å².